The molecular weight excluding hydrogens is 441 g/mol. The molecule has 1 fully saturated rings. The Balaban J connectivity index is 1.79. The first-order valence-corrected chi connectivity index (χ1v) is 9.53. The van der Waals surface area contributed by atoms with Crippen LogP contribution < -0.4 is 5.32 Å². The summed E-state index contributed by atoms with van der Waals surface area (Å²) in [5, 5.41) is 21.8. The molecule has 0 spiro atoms. The Hall–Kier alpha value is -2.90. The highest BCUT2D eigenvalue weighted by Gasteiger charge is 2.46. The molecule has 0 amide bonds. The van der Waals surface area contributed by atoms with Crippen LogP contribution in [0.3, 0.4) is 0 Å². The van der Waals surface area contributed by atoms with E-state index in [9.17, 15) is 32.2 Å². The lowest BCUT2D eigenvalue weighted by Gasteiger charge is -2.18. The SMILES string of the molecule is C[C@@H](Nc1nc(C(F)(F)F)nc2c1ncn2[C@@H]1O[C@H](CO)[C@@H](O)[C@@H]1F)c1ccccc1F. The van der Waals surface area contributed by atoms with E-state index in [4.69, 9.17) is 4.74 Å². The maximum Gasteiger partial charge on any atom is 0.451 e. The van der Waals surface area contributed by atoms with Gasteiger partial charge in [-0.3, -0.25) is 4.57 Å². The lowest BCUT2D eigenvalue weighted by Crippen LogP contribution is -2.30. The molecule has 172 valence electrons. The Morgan fingerprint density at radius 3 is 2.59 bits per heavy atom. The molecule has 0 bridgehead atoms. The van der Waals surface area contributed by atoms with Crippen LogP contribution in [0.2, 0.25) is 0 Å². The number of halogens is 5. The summed E-state index contributed by atoms with van der Waals surface area (Å²) in [6.07, 6.45) is -10.5. The number of nitrogens with zero attached hydrogens (tertiary/aromatic N) is 4. The van der Waals surface area contributed by atoms with Crippen molar-refractivity contribution in [3.8, 4) is 0 Å². The molecule has 3 aromatic rings. The Morgan fingerprint density at radius 2 is 1.97 bits per heavy atom. The number of rotatable bonds is 5. The van der Waals surface area contributed by atoms with E-state index in [1.807, 2.05) is 0 Å². The molecule has 4 rings (SSSR count). The standard InChI is InChI=1S/C19H18F5N5O3/c1-8(9-4-2-3-5-10(9)20)26-15-13-16(28-18(27-15)19(22,23)24)29(7-25-13)17-12(21)14(31)11(6-30)32-17/h2-5,7-8,11-12,14,17,30-31H,6H2,1H3,(H,26,27,28)/t8-,11-,12+,14-,17-/m1/s1. The molecule has 2 aromatic heterocycles. The molecule has 1 aromatic carbocycles. The van der Waals surface area contributed by atoms with Gasteiger partial charge in [-0.05, 0) is 13.0 Å². The van der Waals surface area contributed by atoms with Gasteiger partial charge in [0.1, 0.15) is 18.0 Å². The molecule has 0 aliphatic carbocycles. The second-order valence-electron chi connectivity index (χ2n) is 7.29. The molecule has 0 saturated carbocycles. The minimum atomic E-state index is -4.94. The average Bonchev–Trinajstić information content (AvgIpc) is 3.29. The van der Waals surface area contributed by atoms with Crippen LogP contribution in [0.15, 0.2) is 30.6 Å². The number of ether oxygens (including phenoxy) is 1. The molecule has 0 unspecified atom stereocenters. The molecule has 1 aliphatic heterocycles. The van der Waals surface area contributed by atoms with Crippen LogP contribution in [0.4, 0.5) is 27.8 Å². The smallest absolute Gasteiger partial charge is 0.394 e. The summed E-state index contributed by atoms with van der Waals surface area (Å²) in [7, 11) is 0. The van der Waals surface area contributed by atoms with Crippen molar-refractivity contribution >= 4 is 17.0 Å². The van der Waals surface area contributed by atoms with Crippen molar-refractivity contribution in [2.24, 2.45) is 0 Å². The maximum absolute atomic E-state index is 14.6. The minimum absolute atomic E-state index is 0.140. The third-order valence-electron chi connectivity index (χ3n) is 5.15. The van der Waals surface area contributed by atoms with E-state index in [-0.39, 0.29) is 16.9 Å². The van der Waals surface area contributed by atoms with Gasteiger partial charge in [0.05, 0.1) is 19.0 Å². The fraction of sp³-hybridized carbons (Fsp3) is 0.421. The van der Waals surface area contributed by atoms with Crippen molar-refractivity contribution in [2.75, 3.05) is 11.9 Å². The second-order valence-corrected chi connectivity index (χ2v) is 7.29. The molecule has 32 heavy (non-hydrogen) atoms. The average molecular weight is 459 g/mol. The second kappa shape index (κ2) is 8.22. The zero-order chi connectivity index (χ0) is 23.2. The number of benzene rings is 1. The largest absolute Gasteiger partial charge is 0.451 e. The number of nitrogens with one attached hydrogen (secondary N) is 1. The number of hydrogen-bond donors (Lipinski definition) is 3. The van der Waals surface area contributed by atoms with Crippen LogP contribution in [0, 0.1) is 5.82 Å². The van der Waals surface area contributed by atoms with Gasteiger partial charge in [0.2, 0.25) is 5.82 Å². The third-order valence-corrected chi connectivity index (χ3v) is 5.15. The van der Waals surface area contributed by atoms with Gasteiger partial charge in [-0.25, -0.2) is 23.7 Å². The van der Waals surface area contributed by atoms with Gasteiger partial charge in [0.15, 0.2) is 29.4 Å². The zero-order valence-corrected chi connectivity index (χ0v) is 16.5. The summed E-state index contributed by atoms with van der Waals surface area (Å²) in [5.41, 5.74) is -0.364. The number of hydrogen-bond acceptors (Lipinski definition) is 7. The number of alkyl halides is 4. The molecule has 1 aliphatic rings. The highest BCUT2D eigenvalue weighted by Crippen LogP contribution is 2.36. The minimum Gasteiger partial charge on any atom is -0.394 e. The monoisotopic (exact) mass is 459 g/mol. The van der Waals surface area contributed by atoms with E-state index >= 15 is 0 Å². The van der Waals surface area contributed by atoms with Crippen molar-refractivity contribution in [2.45, 2.75) is 43.7 Å². The molecule has 13 heteroatoms. The van der Waals surface area contributed by atoms with E-state index < -0.39 is 60.7 Å². The van der Waals surface area contributed by atoms with Crippen molar-refractivity contribution in [3.63, 3.8) is 0 Å². The fourth-order valence-electron chi connectivity index (χ4n) is 3.52. The third kappa shape index (κ3) is 3.87. The number of aliphatic hydroxyl groups excluding tert-OH is 2. The molecule has 8 nitrogen and oxygen atoms in total. The summed E-state index contributed by atoms with van der Waals surface area (Å²) in [4.78, 5) is 11.0. The highest BCUT2D eigenvalue weighted by atomic mass is 19.4. The lowest BCUT2D eigenvalue weighted by atomic mass is 10.1. The van der Waals surface area contributed by atoms with Gasteiger partial charge in [0, 0.05) is 5.56 Å². The Morgan fingerprint density at radius 1 is 1.25 bits per heavy atom. The Bertz CT molecular complexity index is 1120. The number of imidazole rings is 1. The highest BCUT2D eigenvalue weighted by molar-refractivity contribution is 5.83. The molecule has 5 atom stereocenters. The topological polar surface area (TPSA) is 105 Å². The molecule has 0 radical (unpaired) electrons. The summed E-state index contributed by atoms with van der Waals surface area (Å²) in [6, 6.07) is 4.92. The zero-order valence-electron chi connectivity index (χ0n) is 16.5. The summed E-state index contributed by atoms with van der Waals surface area (Å²) < 4.78 is 75.2. The predicted octanol–water partition coefficient (Wildman–Crippen LogP) is 2.75. The van der Waals surface area contributed by atoms with E-state index in [1.165, 1.54) is 25.1 Å². The van der Waals surface area contributed by atoms with Crippen molar-refractivity contribution in [1.29, 1.82) is 0 Å². The van der Waals surface area contributed by atoms with Gasteiger partial charge < -0.3 is 20.3 Å². The number of aliphatic hydroxyl groups is 2. The molecule has 3 N–H and O–H groups in total. The Labute approximate surface area is 177 Å². The van der Waals surface area contributed by atoms with Gasteiger partial charge in [-0.2, -0.15) is 13.2 Å². The first kappa shape index (κ1) is 22.3. The van der Waals surface area contributed by atoms with E-state index in [2.05, 4.69) is 20.3 Å². The van der Waals surface area contributed by atoms with Gasteiger partial charge >= 0.3 is 6.18 Å². The van der Waals surface area contributed by atoms with Gasteiger partial charge in [-0.1, -0.05) is 18.2 Å². The first-order chi connectivity index (χ1) is 15.1. The number of aromatic nitrogens is 4. The quantitative estimate of drug-likeness (QED) is 0.504. The number of fused-ring (bicyclic) bond motifs is 1. The Kier molecular flexibility index (Phi) is 5.73. The van der Waals surface area contributed by atoms with Crippen LogP contribution in [-0.2, 0) is 10.9 Å². The van der Waals surface area contributed by atoms with Crippen molar-refractivity contribution < 1.29 is 36.9 Å². The lowest BCUT2D eigenvalue weighted by molar-refractivity contribution is -0.144. The molecular formula is C19H18F5N5O3. The predicted molar refractivity (Wildman–Crippen MR) is 101 cm³/mol. The van der Waals surface area contributed by atoms with Crippen LogP contribution in [-0.4, -0.2) is 54.7 Å². The normalized spacial score (nSPS) is 24.8. The van der Waals surface area contributed by atoms with E-state index in [0.717, 1.165) is 10.9 Å². The van der Waals surface area contributed by atoms with E-state index in [0.29, 0.717) is 0 Å². The molecule has 3 heterocycles. The summed E-state index contributed by atoms with van der Waals surface area (Å²) in [5.74, 6) is -2.44. The van der Waals surface area contributed by atoms with Gasteiger partial charge in [0.25, 0.3) is 0 Å². The first-order valence-electron chi connectivity index (χ1n) is 9.53. The molecule has 1 saturated heterocycles. The van der Waals surface area contributed by atoms with E-state index in [1.54, 1.807) is 6.07 Å². The van der Waals surface area contributed by atoms with Crippen LogP contribution >= 0.6 is 0 Å². The summed E-state index contributed by atoms with van der Waals surface area (Å²) >= 11 is 0. The van der Waals surface area contributed by atoms with Crippen molar-refractivity contribution in [3.05, 3.63) is 47.8 Å². The maximum atomic E-state index is 14.6. The van der Waals surface area contributed by atoms with Crippen LogP contribution in [0.5, 0.6) is 0 Å². The fourth-order valence-corrected chi connectivity index (χ4v) is 3.52. The summed E-state index contributed by atoms with van der Waals surface area (Å²) in [6.45, 7) is 0.830. The van der Waals surface area contributed by atoms with Crippen LogP contribution in [0.1, 0.15) is 30.6 Å². The van der Waals surface area contributed by atoms with Crippen LogP contribution in [0.25, 0.3) is 11.2 Å². The van der Waals surface area contributed by atoms with Gasteiger partial charge in [-0.15, -0.1) is 0 Å². The van der Waals surface area contributed by atoms with Crippen molar-refractivity contribution in [1.82, 2.24) is 19.5 Å². The number of anilines is 1.